The highest BCUT2D eigenvalue weighted by molar-refractivity contribution is 5.94. The lowest BCUT2D eigenvalue weighted by Gasteiger charge is -2.19. The third-order valence-corrected chi connectivity index (χ3v) is 5.36. The van der Waals surface area contributed by atoms with Crippen molar-refractivity contribution in [2.24, 2.45) is 0 Å². The van der Waals surface area contributed by atoms with Crippen LogP contribution in [0.25, 0.3) is 0 Å². The summed E-state index contributed by atoms with van der Waals surface area (Å²) in [7, 11) is 0. The van der Waals surface area contributed by atoms with E-state index in [9.17, 15) is 14.7 Å². The van der Waals surface area contributed by atoms with E-state index in [4.69, 9.17) is 0 Å². The van der Waals surface area contributed by atoms with Crippen molar-refractivity contribution in [3.63, 3.8) is 0 Å². The minimum Gasteiger partial charge on any atom is -0.480 e. The number of anilines is 1. The maximum absolute atomic E-state index is 12.6. The number of hydrogen-bond donors (Lipinski definition) is 3. The third kappa shape index (κ3) is 3.63. The Hall–Kier alpha value is -2.96. The molecular weight excluding hydrogens is 344 g/mol. The van der Waals surface area contributed by atoms with Gasteiger partial charge in [0.15, 0.2) is 0 Å². The number of aryl methyl sites for hydroxylation is 2. The Morgan fingerprint density at radius 2 is 1.81 bits per heavy atom. The second-order valence-electron chi connectivity index (χ2n) is 7.14. The summed E-state index contributed by atoms with van der Waals surface area (Å²) in [5.74, 6) is -1.10. The second-order valence-corrected chi connectivity index (χ2v) is 7.14. The molecule has 0 saturated carbocycles. The zero-order valence-electron chi connectivity index (χ0n) is 15.0. The van der Waals surface area contributed by atoms with Crippen molar-refractivity contribution in [2.75, 3.05) is 5.32 Å². The fourth-order valence-electron chi connectivity index (χ4n) is 4.13. The maximum Gasteiger partial charge on any atom is 0.326 e. The molecule has 1 atom stereocenters. The number of amides is 2. The van der Waals surface area contributed by atoms with Crippen molar-refractivity contribution >= 4 is 17.7 Å². The number of hydrogen-bond acceptors (Lipinski definition) is 4. The van der Waals surface area contributed by atoms with E-state index < -0.39 is 18.0 Å². The Labute approximate surface area is 157 Å². The number of nitrogens with zero attached hydrogens (tertiary/aromatic N) is 2. The Morgan fingerprint density at radius 3 is 2.41 bits per heavy atom. The van der Waals surface area contributed by atoms with E-state index in [1.807, 2.05) is 0 Å². The van der Waals surface area contributed by atoms with Crippen molar-refractivity contribution in [3.05, 3.63) is 52.3 Å². The van der Waals surface area contributed by atoms with Gasteiger partial charge in [0.1, 0.15) is 6.04 Å². The number of aliphatic carboxylic acids is 1. The summed E-state index contributed by atoms with van der Waals surface area (Å²) in [5.41, 5.74) is 6.49. The number of carbonyl (C=O) groups excluding carboxylic acids is 1. The third-order valence-electron chi connectivity index (χ3n) is 5.36. The number of nitrogens with one attached hydrogen (secondary N) is 2. The van der Waals surface area contributed by atoms with Crippen molar-refractivity contribution in [3.8, 4) is 0 Å². The number of rotatable bonds is 5. The lowest BCUT2D eigenvalue weighted by molar-refractivity contribution is -0.139. The van der Waals surface area contributed by atoms with E-state index >= 15 is 0 Å². The molecule has 3 N–H and O–H groups in total. The molecule has 0 spiro atoms. The Balaban J connectivity index is 1.52. The van der Waals surface area contributed by atoms with Crippen LogP contribution in [0.15, 0.2) is 24.4 Å². The van der Waals surface area contributed by atoms with Crippen LogP contribution in [0.3, 0.4) is 0 Å². The Kier molecular flexibility index (Phi) is 4.75. The summed E-state index contributed by atoms with van der Waals surface area (Å²) in [5, 5.41) is 22.7. The van der Waals surface area contributed by atoms with Crippen LogP contribution in [-0.2, 0) is 36.9 Å². The van der Waals surface area contributed by atoms with Gasteiger partial charge in [0.25, 0.3) is 0 Å². The van der Waals surface area contributed by atoms with E-state index in [1.165, 1.54) is 28.5 Å². The Morgan fingerprint density at radius 1 is 1.11 bits per heavy atom. The molecule has 2 aliphatic carbocycles. The van der Waals surface area contributed by atoms with Gasteiger partial charge in [-0.05, 0) is 72.9 Å². The molecule has 2 aromatic rings. The van der Waals surface area contributed by atoms with Gasteiger partial charge in [-0.15, -0.1) is 0 Å². The van der Waals surface area contributed by atoms with E-state index in [0.29, 0.717) is 5.69 Å². The van der Waals surface area contributed by atoms with Gasteiger partial charge in [-0.25, -0.2) is 9.59 Å². The molecular formula is C20H22N4O3. The van der Waals surface area contributed by atoms with Gasteiger partial charge < -0.3 is 15.7 Å². The fourth-order valence-corrected chi connectivity index (χ4v) is 4.13. The van der Waals surface area contributed by atoms with Gasteiger partial charge in [0.05, 0.1) is 5.69 Å². The number of carboxylic acid groups (broad SMARTS) is 1. The predicted octanol–water partition coefficient (Wildman–Crippen LogP) is 2.27. The molecule has 7 heteroatoms. The quantitative estimate of drug-likeness (QED) is 0.753. The lowest BCUT2D eigenvalue weighted by Crippen LogP contribution is -2.44. The highest BCUT2D eigenvalue weighted by Gasteiger charge is 2.26. The fraction of sp³-hybridized carbons (Fsp3) is 0.400. The van der Waals surface area contributed by atoms with Gasteiger partial charge in [0.2, 0.25) is 0 Å². The van der Waals surface area contributed by atoms with E-state index in [2.05, 4.69) is 26.9 Å². The Bertz CT molecular complexity index is 850. The smallest absolute Gasteiger partial charge is 0.326 e. The molecule has 1 aromatic carbocycles. The van der Waals surface area contributed by atoms with E-state index in [-0.39, 0.29) is 6.42 Å². The molecule has 0 fully saturated rings. The largest absolute Gasteiger partial charge is 0.480 e. The molecule has 0 aliphatic heterocycles. The van der Waals surface area contributed by atoms with Crippen LogP contribution in [0.5, 0.6) is 0 Å². The van der Waals surface area contributed by atoms with Crippen molar-refractivity contribution < 1.29 is 14.7 Å². The molecule has 0 bridgehead atoms. The average molecular weight is 366 g/mol. The van der Waals surface area contributed by atoms with Gasteiger partial charge in [-0.3, -0.25) is 0 Å². The first-order chi connectivity index (χ1) is 13.1. The van der Waals surface area contributed by atoms with Crippen molar-refractivity contribution in [1.29, 1.82) is 0 Å². The molecule has 4 rings (SSSR count). The van der Waals surface area contributed by atoms with E-state index in [1.54, 1.807) is 12.1 Å². The molecule has 2 amide bonds. The first kappa shape index (κ1) is 17.5. The first-order valence-electron chi connectivity index (χ1n) is 9.35. The summed E-state index contributed by atoms with van der Waals surface area (Å²) in [6.07, 6.45) is 7.81. The highest BCUT2D eigenvalue weighted by Crippen LogP contribution is 2.38. The van der Waals surface area contributed by atoms with Crippen molar-refractivity contribution in [2.45, 2.75) is 51.0 Å². The monoisotopic (exact) mass is 366 g/mol. The molecule has 1 aromatic heterocycles. The lowest BCUT2D eigenvalue weighted by atomic mass is 9.99. The van der Waals surface area contributed by atoms with Crippen LogP contribution in [-0.4, -0.2) is 33.3 Å². The number of carboxylic acids is 1. The van der Waals surface area contributed by atoms with Crippen LogP contribution in [0, 0.1) is 0 Å². The summed E-state index contributed by atoms with van der Waals surface area (Å²) < 4.78 is 0. The SMILES string of the molecule is O=C(Nc1c2c(cc3c1CCC3)CCC2)N[C@H](Cc1cccnn1)C(=O)O. The topological polar surface area (TPSA) is 104 Å². The normalized spacial score (nSPS) is 15.7. The van der Waals surface area contributed by atoms with Crippen molar-refractivity contribution in [1.82, 2.24) is 15.5 Å². The minimum absolute atomic E-state index is 0.0849. The molecule has 0 unspecified atom stereocenters. The van der Waals surface area contributed by atoms with E-state index in [0.717, 1.165) is 44.2 Å². The average Bonchev–Trinajstić information content (AvgIpc) is 3.31. The summed E-state index contributed by atoms with van der Waals surface area (Å²) in [6.45, 7) is 0. The first-order valence-corrected chi connectivity index (χ1v) is 9.35. The number of urea groups is 1. The van der Waals surface area contributed by atoms with Crippen LogP contribution in [0.2, 0.25) is 0 Å². The van der Waals surface area contributed by atoms with Crippen LogP contribution in [0.1, 0.15) is 40.8 Å². The number of benzene rings is 1. The molecule has 0 radical (unpaired) electrons. The van der Waals surface area contributed by atoms with Crippen LogP contribution in [0.4, 0.5) is 10.5 Å². The van der Waals surface area contributed by atoms with Gasteiger partial charge in [-0.1, -0.05) is 6.07 Å². The molecule has 2 aliphatic rings. The molecule has 7 nitrogen and oxygen atoms in total. The molecule has 0 saturated heterocycles. The van der Waals surface area contributed by atoms with Gasteiger partial charge >= 0.3 is 12.0 Å². The number of aromatic nitrogens is 2. The number of carbonyl (C=O) groups is 2. The summed E-state index contributed by atoms with van der Waals surface area (Å²) in [4.78, 5) is 24.2. The molecule has 27 heavy (non-hydrogen) atoms. The minimum atomic E-state index is -1.10. The van der Waals surface area contributed by atoms with Gasteiger partial charge in [0, 0.05) is 18.3 Å². The second kappa shape index (κ2) is 7.34. The van der Waals surface area contributed by atoms with Crippen LogP contribution < -0.4 is 10.6 Å². The summed E-state index contributed by atoms with van der Waals surface area (Å²) in [6, 6.07) is 4.13. The predicted molar refractivity (Wildman–Crippen MR) is 99.8 cm³/mol. The van der Waals surface area contributed by atoms with Gasteiger partial charge in [-0.2, -0.15) is 10.2 Å². The molecule has 140 valence electrons. The zero-order valence-corrected chi connectivity index (χ0v) is 15.0. The van der Waals surface area contributed by atoms with Crippen LogP contribution >= 0.6 is 0 Å². The zero-order chi connectivity index (χ0) is 18.8. The number of fused-ring (bicyclic) bond motifs is 2. The maximum atomic E-state index is 12.6. The summed E-state index contributed by atoms with van der Waals surface area (Å²) >= 11 is 0. The molecule has 1 heterocycles. The standard InChI is InChI=1S/C20H22N4O3/c25-19(26)17(11-14-6-3-9-21-24-14)22-20(27)23-18-15-7-1-4-12(15)10-13-5-2-8-16(13)18/h3,6,9-10,17H,1-2,4-5,7-8,11H2,(H,25,26)(H2,22,23,27)/t17-/m1/s1. The highest BCUT2D eigenvalue weighted by atomic mass is 16.4.